The number of carbonyl (C=O) groups excluding carboxylic acids is 1. The molecule has 0 bridgehead atoms. The molecule has 0 saturated heterocycles. The fourth-order valence-electron chi connectivity index (χ4n) is 4.34. The smallest absolute Gasteiger partial charge is 0.475 e. The molecule has 1 aliphatic heterocycles. The van der Waals surface area contributed by atoms with Crippen molar-refractivity contribution in [2.75, 3.05) is 13.2 Å². The maximum absolute atomic E-state index is 13.0. The molecule has 1 aromatic heterocycles. The van der Waals surface area contributed by atoms with Crippen LogP contribution in [0.15, 0.2) is 60.8 Å². The number of fused-ring (bicyclic) bond motifs is 1. The predicted octanol–water partition coefficient (Wildman–Crippen LogP) is 4.33. The number of hydrogen-bond acceptors (Lipinski definition) is 4. The molecule has 37 heavy (non-hydrogen) atoms. The van der Waals surface area contributed by atoms with Crippen LogP contribution in [-0.2, 0) is 32.7 Å². The van der Waals surface area contributed by atoms with E-state index in [1.165, 1.54) is 16.7 Å². The van der Waals surface area contributed by atoms with E-state index in [-0.39, 0.29) is 17.4 Å². The molecule has 3 aromatic rings. The van der Waals surface area contributed by atoms with Crippen LogP contribution in [0.5, 0.6) is 0 Å². The Bertz CT molecular complexity index is 1240. The number of nitrogens with zero attached hydrogens (tertiary/aromatic N) is 2. The van der Waals surface area contributed by atoms with Crippen molar-refractivity contribution in [3.8, 4) is 0 Å². The van der Waals surface area contributed by atoms with Gasteiger partial charge in [-0.05, 0) is 42.9 Å². The van der Waals surface area contributed by atoms with Crippen LogP contribution in [-0.4, -0.2) is 46.1 Å². The van der Waals surface area contributed by atoms with Crippen molar-refractivity contribution in [2.24, 2.45) is 0 Å². The molecule has 7 nitrogen and oxygen atoms in total. The molecule has 0 spiro atoms. The molecule has 0 radical (unpaired) electrons. The topological polar surface area (TPSA) is 93.5 Å². The summed E-state index contributed by atoms with van der Waals surface area (Å²) in [5.74, 6) is -2.65. The van der Waals surface area contributed by atoms with E-state index in [1.54, 1.807) is 0 Å². The van der Waals surface area contributed by atoms with E-state index in [0.29, 0.717) is 13.2 Å². The Morgan fingerprint density at radius 3 is 2.38 bits per heavy atom. The number of carboxylic acids is 1. The fourth-order valence-corrected chi connectivity index (χ4v) is 4.34. The Kier molecular flexibility index (Phi) is 7.68. The van der Waals surface area contributed by atoms with Crippen molar-refractivity contribution >= 4 is 11.9 Å². The van der Waals surface area contributed by atoms with Crippen molar-refractivity contribution in [1.82, 2.24) is 15.1 Å². The van der Waals surface area contributed by atoms with Crippen LogP contribution in [0.1, 0.15) is 46.9 Å². The molecule has 10 heteroatoms. The molecule has 2 N–H and O–H groups in total. The number of rotatable bonds is 6. The highest BCUT2D eigenvalue weighted by molar-refractivity contribution is 5.91. The van der Waals surface area contributed by atoms with Crippen LogP contribution in [0.3, 0.4) is 0 Å². The van der Waals surface area contributed by atoms with Gasteiger partial charge in [0.05, 0.1) is 24.3 Å². The lowest BCUT2D eigenvalue weighted by atomic mass is 9.94. The highest BCUT2D eigenvalue weighted by atomic mass is 19.4. The minimum absolute atomic E-state index is 0.103. The van der Waals surface area contributed by atoms with Crippen molar-refractivity contribution < 1.29 is 32.6 Å². The van der Waals surface area contributed by atoms with Gasteiger partial charge in [-0.1, -0.05) is 60.2 Å². The molecule has 1 aliphatic carbocycles. The van der Waals surface area contributed by atoms with Crippen LogP contribution in [0.4, 0.5) is 13.2 Å². The summed E-state index contributed by atoms with van der Waals surface area (Å²) in [5, 5.41) is 15.1. The lowest BCUT2D eigenvalue weighted by molar-refractivity contribution is -0.192. The van der Waals surface area contributed by atoms with Gasteiger partial charge in [0.1, 0.15) is 6.10 Å². The van der Waals surface area contributed by atoms with Gasteiger partial charge in [-0.15, -0.1) is 0 Å². The van der Waals surface area contributed by atoms with Crippen LogP contribution < -0.4 is 5.32 Å². The van der Waals surface area contributed by atoms with Gasteiger partial charge in [0, 0.05) is 12.7 Å². The van der Waals surface area contributed by atoms with Crippen LogP contribution in [0.2, 0.25) is 0 Å². The summed E-state index contributed by atoms with van der Waals surface area (Å²) < 4.78 is 39.7. The molecule has 1 unspecified atom stereocenters. The number of carboxylic acid groups (broad SMARTS) is 1. The minimum atomic E-state index is -5.08. The number of aryl methyl sites for hydroxylation is 1. The lowest BCUT2D eigenvalue weighted by Gasteiger charge is -2.24. The van der Waals surface area contributed by atoms with Crippen molar-refractivity contribution in [2.45, 2.75) is 50.4 Å². The number of ether oxygens (including phenoxy) is 1. The summed E-state index contributed by atoms with van der Waals surface area (Å²) in [7, 11) is 0. The second kappa shape index (κ2) is 10.8. The SMILES string of the molecule is Cc1ccc(C2(C(=O)NCC3OCCc4cn(Cc5ccccc5)nc43)CC2)cc1.O=C(O)C(F)(F)F. The Morgan fingerprint density at radius 1 is 1.14 bits per heavy atom. The zero-order chi connectivity index (χ0) is 26.6. The standard InChI is InChI=1S/C25H27N3O2.C2HF3O2/c1-18-7-9-21(10-8-18)25(12-13-25)24(29)26-15-22-23-20(11-14-30-22)17-28(27-23)16-19-5-3-2-4-6-19;3-2(4,5)1(6)7/h2-10,17,22H,11-16H2,1H3,(H,26,29);(H,6,7). The lowest BCUT2D eigenvalue weighted by Crippen LogP contribution is -2.38. The molecule has 5 rings (SSSR count). The van der Waals surface area contributed by atoms with Gasteiger partial charge in [0.25, 0.3) is 0 Å². The van der Waals surface area contributed by atoms with Gasteiger partial charge in [-0.25, -0.2) is 4.79 Å². The van der Waals surface area contributed by atoms with E-state index in [2.05, 4.69) is 54.8 Å². The van der Waals surface area contributed by atoms with Gasteiger partial charge in [-0.3, -0.25) is 9.48 Å². The normalized spacial score (nSPS) is 17.7. The van der Waals surface area contributed by atoms with Crippen LogP contribution >= 0.6 is 0 Å². The number of benzene rings is 2. The Hall–Kier alpha value is -3.66. The van der Waals surface area contributed by atoms with E-state index >= 15 is 0 Å². The van der Waals surface area contributed by atoms with E-state index in [0.717, 1.165) is 37.1 Å². The minimum Gasteiger partial charge on any atom is -0.475 e. The number of alkyl halides is 3. The quantitative estimate of drug-likeness (QED) is 0.510. The van der Waals surface area contributed by atoms with Gasteiger partial charge >= 0.3 is 12.1 Å². The first kappa shape index (κ1) is 26.4. The summed E-state index contributed by atoms with van der Waals surface area (Å²) >= 11 is 0. The molecule has 1 saturated carbocycles. The average Bonchev–Trinajstić information content (AvgIpc) is 3.57. The number of amides is 1. The van der Waals surface area contributed by atoms with Gasteiger partial charge in [-0.2, -0.15) is 18.3 Å². The molecular weight excluding hydrogens is 487 g/mol. The number of halogens is 3. The van der Waals surface area contributed by atoms with Crippen LogP contribution in [0.25, 0.3) is 0 Å². The third kappa shape index (κ3) is 6.37. The van der Waals surface area contributed by atoms with Crippen molar-refractivity contribution in [3.05, 3.63) is 88.7 Å². The molecule has 2 aliphatic rings. The van der Waals surface area contributed by atoms with Crippen molar-refractivity contribution in [3.63, 3.8) is 0 Å². The molecule has 2 heterocycles. The molecule has 1 atom stereocenters. The van der Waals surface area contributed by atoms with E-state index < -0.39 is 12.1 Å². The Balaban J connectivity index is 0.000000405. The summed E-state index contributed by atoms with van der Waals surface area (Å²) in [6.07, 6.45) is -0.478. The summed E-state index contributed by atoms with van der Waals surface area (Å²) in [6, 6.07) is 18.7. The second-order valence-corrected chi connectivity index (χ2v) is 9.29. The van der Waals surface area contributed by atoms with E-state index in [4.69, 9.17) is 19.7 Å². The second-order valence-electron chi connectivity index (χ2n) is 9.29. The summed E-state index contributed by atoms with van der Waals surface area (Å²) in [5.41, 5.74) is 5.36. The Labute approximate surface area is 212 Å². The number of carbonyl (C=O) groups is 2. The van der Waals surface area contributed by atoms with Gasteiger partial charge in [0.2, 0.25) is 5.91 Å². The zero-order valence-corrected chi connectivity index (χ0v) is 20.3. The maximum Gasteiger partial charge on any atom is 0.490 e. The van der Waals surface area contributed by atoms with Gasteiger partial charge < -0.3 is 15.2 Å². The first-order chi connectivity index (χ1) is 17.6. The monoisotopic (exact) mass is 515 g/mol. The largest absolute Gasteiger partial charge is 0.490 e. The fraction of sp³-hybridized carbons (Fsp3) is 0.370. The molecule has 2 aromatic carbocycles. The predicted molar refractivity (Wildman–Crippen MR) is 129 cm³/mol. The third-order valence-electron chi connectivity index (χ3n) is 6.53. The highest BCUT2D eigenvalue weighted by Gasteiger charge is 2.51. The molecule has 196 valence electrons. The number of aliphatic carboxylic acids is 1. The maximum atomic E-state index is 13.0. The Morgan fingerprint density at radius 2 is 1.78 bits per heavy atom. The highest BCUT2D eigenvalue weighted by Crippen LogP contribution is 2.48. The summed E-state index contributed by atoms with van der Waals surface area (Å²) in [6.45, 7) is 3.93. The number of nitrogens with one attached hydrogen (secondary N) is 1. The van der Waals surface area contributed by atoms with Gasteiger partial charge in [0.15, 0.2) is 0 Å². The average molecular weight is 516 g/mol. The first-order valence-electron chi connectivity index (χ1n) is 12.0. The first-order valence-corrected chi connectivity index (χ1v) is 12.0. The molecule has 1 fully saturated rings. The molecular formula is C27H28F3N3O4. The zero-order valence-electron chi connectivity index (χ0n) is 20.3. The van der Waals surface area contributed by atoms with E-state index in [9.17, 15) is 18.0 Å². The number of hydrogen-bond donors (Lipinski definition) is 2. The van der Waals surface area contributed by atoms with Crippen LogP contribution in [0, 0.1) is 6.92 Å². The summed E-state index contributed by atoms with van der Waals surface area (Å²) in [4.78, 5) is 21.9. The number of aromatic nitrogens is 2. The third-order valence-corrected chi connectivity index (χ3v) is 6.53. The molecule has 1 amide bonds. The van der Waals surface area contributed by atoms with E-state index in [1.807, 2.05) is 22.9 Å². The van der Waals surface area contributed by atoms with Crippen molar-refractivity contribution in [1.29, 1.82) is 0 Å².